The van der Waals surface area contributed by atoms with Crippen LogP contribution in [0.25, 0.3) is 0 Å². The van der Waals surface area contributed by atoms with Crippen LogP contribution < -0.4 is 5.32 Å². The number of aromatic nitrogens is 3. The van der Waals surface area contributed by atoms with Crippen molar-refractivity contribution in [3.8, 4) is 0 Å². The van der Waals surface area contributed by atoms with Crippen molar-refractivity contribution in [1.82, 2.24) is 15.4 Å². The maximum atomic E-state index is 12.3. The van der Waals surface area contributed by atoms with Gasteiger partial charge < -0.3 is 9.26 Å². The van der Waals surface area contributed by atoms with Crippen LogP contribution in [0.2, 0.25) is 0 Å². The van der Waals surface area contributed by atoms with Gasteiger partial charge in [-0.25, -0.2) is 0 Å². The van der Waals surface area contributed by atoms with E-state index in [9.17, 15) is 4.79 Å². The molecule has 1 amide bonds. The number of carbonyl (C=O) groups excluding carboxylic acids is 1. The van der Waals surface area contributed by atoms with E-state index in [2.05, 4.69) is 20.7 Å². The molecule has 0 unspecified atom stereocenters. The first-order valence-corrected chi connectivity index (χ1v) is 7.69. The zero-order chi connectivity index (χ0) is 14.7. The predicted molar refractivity (Wildman–Crippen MR) is 76.3 cm³/mol. The van der Waals surface area contributed by atoms with Crippen LogP contribution >= 0.6 is 11.3 Å². The maximum Gasteiger partial charge on any atom is 0.279 e. The Labute approximate surface area is 125 Å². The molecule has 0 atom stereocenters. The molecule has 112 valence electrons. The SMILES string of the molecule is COCc1nnc(NC(=O)c2noc3c2CCCCC3)s1. The molecule has 3 rings (SSSR count). The number of rotatable bonds is 4. The first-order chi connectivity index (χ1) is 10.3. The van der Waals surface area contributed by atoms with Crippen LogP contribution in [0, 0.1) is 0 Å². The quantitative estimate of drug-likeness (QED) is 0.871. The Morgan fingerprint density at radius 3 is 3.05 bits per heavy atom. The van der Waals surface area contributed by atoms with Gasteiger partial charge in [0.1, 0.15) is 17.4 Å². The number of hydrogen-bond donors (Lipinski definition) is 1. The average molecular weight is 308 g/mol. The summed E-state index contributed by atoms with van der Waals surface area (Å²) in [7, 11) is 1.59. The number of nitrogens with zero attached hydrogens (tertiary/aromatic N) is 3. The normalized spacial score (nSPS) is 14.5. The molecule has 0 saturated carbocycles. The van der Waals surface area contributed by atoms with Crippen molar-refractivity contribution in [2.45, 2.75) is 38.7 Å². The van der Waals surface area contributed by atoms with Gasteiger partial charge in [-0.1, -0.05) is 22.9 Å². The highest BCUT2D eigenvalue weighted by Gasteiger charge is 2.23. The summed E-state index contributed by atoms with van der Waals surface area (Å²) in [6.45, 7) is 0.382. The second-order valence-electron chi connectivity index (χ2n) is 4.88. The van der Waals surface area contributed by atoms with Gasteiger partial charge in [0, 0.05) is 19.1 Å². The zero-order valence-corrected chi connectivity index (χ0v) is 12.5. The van der Waals surface area contributed by atoms with Gasteiger partial charge in [0.05, 0.1) is 0 Å². The Morgan fingerprint density at radius 2 is 2.19 bits per heavy atom. The van der Waals surface area contributed by atoms with E-state index in [0.29, 0.717) is 22.4 Å². The minimum atomic E-state index is -0.290. The van der Waals surface area contributed by atoms with Crippen molar-refractivity contribution in [2.75, 3.05) is 12.4 Å². The lowest BCUT2D eigenvalue weighted by Crippen LogP contribution is -2.14. The first-order valence-electron chi connectivity index (χ1n) is 6.88. The summed E-state index contributed by atoms with van der Waals surface area (Å²) in [5, 5.41) is 15.6. The molecule has 8 heteroatoms. The van der Waals surface area contributed by atoms with Crippen molar-refractivity contribution >= 4 is 22.4 Å². The molecule has 0 spiro atoms. The van der Waals surface area contributed by atoms with Gasteiger partial charge in [0.25, 0.3) is 5.91 Å². The molecule has 2 heterocycles. The lowest BCUT2D eigenvalue weighted by molar-refractivity contribution is 0.101. The molecule has 7 nitrogen and oxygen atoms in total. The molecule has 1 N–H and O–H groups in total. The third kappa shape index (κ3) is 3.11. The highest BCUT2D eigenvalue weighted by molar-refractivity contribution is 7.15. The van der Waals surface area contributed by atoms with E-state index in [-0.39, 0.29) is 5.91 Å². The van der Waals surface area contributed by atoms with E-state index in [1.165, 1.54) is 11.3 Å². The monoisotopic (exact) mass is 308 g/mol. The van der Waals surface area contributed by atoms with Crippen molar-refractivity contribution in [1.29, 1.82) is 0 Å². The van der Waals surface area contributed by atoms with E-state index >= 15 is 0 Å². The van der Waals surface area contributed by atoms with Crippen molar-refractivity contribution < 1.29 is 14.1 Å². The summed E-state index contributed by atoms with van der Waals surface area (Å²) in [6.07, 6.45) is 4.99. The number of carbonyl (C=O) groups is 1. The van der Waals surface area contributed by atoms with Gasteiger partial charge in [-0.3, -0.25) is 10.1 Å². The minimum absolute atomic E-state index is 0.290. The van der Waals surface area contributed by atoms with E-state index in [1.54, 1.807) is 7.11 Å². The molecule has 1 aliphatic rings. The average Bonchev–Trinajstić information content (AvgIpc) is 3.00. The lowest BCUT2D eigenvalue weighted by Gasteiger charge is -2.00. The highest BCUT2D eigenvalue weighted by atomic mass is 32.1. The predicted octanol–water partition coefficient (Wildman–Crippen LogP) is 2.19. The Kier molecular flexibility index (Phi) is 4.26. The molecule has 0 fully saturated rings. The molecular weight excluding hydrogens is 292 g/mol. The van der Waals surface area contributed by atoms with Gasteiger partial charge in [-0.05, 0) is 19.3 Å². The Hall–Kier alpha value is -1.80. The van der Waals surface area contributed by atoms with Crippen LogP contribution in [0.4, 0.5) is 5.13 Å². The minimum Gasteiger partial charge on any atom is -0.377 e. The fourth-order valence-electron chi connectivity index (χ4n) is 2.38. The van der Waals surface area contributed by atoms with Crippen molar-refractivity contribution in [3.63, 3.8) is 0 Å². The first kappa shape index (κ1) is 14.2. The molecule has 0 aromatic carbocycles. The van der Waals surface area contributed by atoms with Gasteiger partial charge in [-0.2, -0.15) is 0 Å². The van der Waals surface area contributed by atoms with Crippen molar-refractivity contribution in [3.05, 3.63) is 22.0 Å². The van der Waals surface area contributed by atoms with Crippen LogP contribution in [0.1, 0.15) is 46.1 Å². The molecule has 1 aliphatic carbocycles. The van der Waals surface area contributed by atoms with E-state index in [4.69, 9.17) is 9.26 Å². The van der Waals surface area contributed by atoms with Crippen LogP contribution in [-0.2, 0) is 24.2 Å². The maximum absolute atomic E-state index is 12.3. The summed E-state index contributed by atoms with van der Waals surface area (Å²) in [5.41, 5.74) is 1.31. The van der Waals surface area contributed by atoms with E-state index in [1.807, 2.05) is 0 Å². The molecule has 2 aromatic rings. The molecular formula is C13H16N4O3S. The van der Waals surface area contributed by atoms with E-state index in [0.717, 1.165) is 43.4 Å². The molecule has 21 heavy (non-hydrogen) atoms. The second kappa shape index (κ2) is 6.31. The third-order valence-electron chi connectivity index (χ3n) is 3.37. The van der Waals surface area contributed by atoms with Crippen LogP contribution in [0.3, 0.4) is 0 Å². The molecule has 0 aliphatic heterocycles. The Bertz CT molecular complexity index is 637. The summed E-state index contributed by atoms with van der Waals surface area (Å²) in [4.78, 5) is 12.3. The third-order valence-corrected chi connectivity index (χ3v) is 4.18. The highest BCUT2D eigenvalue weighted by Crippen LogP contribution is 2.24. The number of amides is 1. The largest absolute Gasteiger partial charge is 0.377 e. The van der Waals surface area contributed by atoms with Gasteiger partial charge in [0.2, 0.25) is 5.13 Å². The summed E-state index contributed by atoms with van der Waals surface area (Å²) in [5.74, 6) is 0.553. The van der Waals surface area contributed by atoms with Crippen LogP contribution in [0.5, 0.6) is 0 Å². The number of aryl methyl sites for hydroxylation is 1. The lowest BCUT2D eigenvalue weighted by atomic mass is 10.1. The fourth-order valence-corrected chi connectivity index (χ4v) is 3.09. The smallest absolute Gasteiger partial charge is 0.279 e. The Morgan fingerprint density at radius 1 is 1.33 bits per heavy atom. The number of ether oxygens (including phenoxy) is 1. The van der Waals surface area contributed by atoms with Crippen LogP contribution in [-0.4, -0.2) is 28.4 Å². The molecule has 2 aromatic heterocycles. The number of anilines is 1. The van der Waals surface area contributed by atoms with Gasteiger partial charge in [0.15, 0.2) is 5.69 Å². The second-order valence-corrected chi connectivity index (χ2v) is 5.94. The topological polar surface area (TPSA) is 90.1 Å². The zero-order valence-electron chi connectivity index (χ0n) is 11.7. The molecule has 0 saturated heterocycles. The van der Waals surface area contributed by atoms with Gasteiger partial charge >= 0.3 is 0 Å². The van der Waals surface area contributed by atoms with E-state index < -0.39 is 0 Å². The molecule has 0 radical (unpaired) electrons. The van der Waals surface area contributed by atoms with Gasteiger partial charge in [-0.15, -0.1) is 10.2 Å². The standard InChI is InChI=1S/C13H16N4O3S/c1-19-7-10-15-16-13(21-10)14-12(18)11-8-5-3-2-4-6-9(8)20-17-11/h2-7H2,1H3,(H,14,16,18). The van der Waals surface area contributed by atoms with Crippen LogP contribution in [0.15, 0.2) is 4.52 Å². The summed E-state index contributed by atoms with van der Waals surface area (Å²) in [6, 6.07) is 0. The fraction of sp³-hybridized carbons (Fsp3) is 0.538. The number of hydrogen-bond acceptors (Lipinski definition) is 7. The summed E-state index contributed by atoms with van der Waals surface area (Å²) < 4.78 is 10.3. The molecule has 0 bridgehead atoms. The number of fused-ring (bicyclic) bond motifs is 1. The summed E-state index contributed by atoms with van der Waals surface area (Å²) >= 11 is 1.29. The number of nitrogens with one attached hydrogen (secondary N) is 1. The Balaban J connectivity index is 1.74. The number of methoxy groups -OCH3 is 1. The van der Waals surface area contributed by atoms with Crippen molar-refractivity contribution in [2.24, 2.45) is 0 Å².